The van der Waals surface area contributed by atoms with Crippen molar-refractivity contribution in [1.82, 2.24) is 4.37 Å². The van der Waals surface area contributed by atoms with Crippen LogP contribution in [0, 0.1) is 18.6 Å². The number of hydrogen-bond acceptors (Lipinski definition) is 4. The first-order valence-electron chi connectivity index (χ1n) is 9.12. The van der Waals surface area contributed by atoms with Crippen molar-refractivity contribution in [3.8, 4) is 17.0 Å². The maximum atomic E-state index is 14.5. The van der Waals surface area contributed by atoms with Gasteiger partial charge in [-0.2, -0.15) is 17.5 Å². The Bertz CT molecular complexity index is 1160. The number of carbonyl (C=O) groups is 1. The van der Waals surface area contributed by atoms with Crippen LogP contribution >= 0.6 is 23.1 Å². The molecule has 0 unspecified atom stereocenters. The number of aryl methyl sites for hydroxylation is 2. The molecule has 32 heavy (non-hydrogen) atoms. The van der Waals surface area contributed by atoms with Crippen LogP contribution in [0.2, 0.25) is 5.02 Å². The third kappa shape index (κ3) is 5.36. The first-order chi connectivity index (χ1) is 15.0. The number of halogens is 6. The zero-order valence-corrected chi connectivity index (χ0v) is 18.0. The van der Waals surface area contributed by atoms with Crippen LogP contribution in [0.3, 0.4) is 0 Å². The quantitative estimate of drug-likeness (QED) is 0.375. The van der Waals surface area contributed by atoms with Crippen LogP contribution in [0.5, 0.6) is 5.75 Å². The predicted molar refractivity (Wildman–Crippen MR) is 109 cm³/mol. The average Bonchev–Trinajstić information content (AvgIpc) is 3.13. The fourth-order valence-electron chi connectivity index (χ4n) is 3.00. The molecule has 0 amide bonds. The fourth-order valence-corrected chi connectivity index (χ4v) is 3.89. The normalized spacial score (nSPS) is 11.6. The number of benzene rings is 2. The molecule has 11 heteroatoms. The van der Waals surface area contributed by atoms with Gasteiger partial charge in [-0.1, -0.05) is 17.7 Å². The third-order valence-corrected chi connectivity index (χ3v) is 5.85. The van der Waals surface area contributed by atoms with Crippen LogP contribution in [0.25, 0.3) is 11.3 Å². The Labute approximate surface area is 188 Å². The van der Waals surface area contributed by atoms with Crippen LogP contribution < -0.4 is 4.74 Å². The molecular formula is C21H15ClF5NO3S. The van der Waals surface area contributed by atoms with Gasteiger partial charge in [0.1, 0.15) is 17.3 Å². The molecule has 0 spiro atoms. The number of aliphatic carboxylic acids is 1. The van der Waals surface area contributed by atoms with Crippen molar-refractivity contribution in [1.29, 1.82) is 0 Å². The molecule has 4 nitrogen and oxygen atoms in total. The standard InChI is InChI=1S/C21H15ClF5NO3S/c1-10-6-17(16(24)7-11(10)3-5-18(29)30)31-9-13-19(28-32-20(13)21(25,26)27)12-2-4-14(22)15(23)8-12/h2,4,6-8H,3,5,9H2,1H3,(H,29,30). The van der Waals surface area contributed by atoms with Gasteiger partial charge >= 0.3 is 12.1 Å². The zero-order valence-electron chi connectivity index (χ0n) is 16.4. The molecule has 0 bridgehead atoms. The topological polar surface area (TPSA) is 59.4 Å². The lowest BCUT2D eigenvalue weighted by atomic mass is 10.0. The van der Waals surface area contributed by atoms with E-state index in [9.17, 15) is 26.7 Å². The smallest absolute Gasteiger partial charge is 0.427 e. The summed E-state index contributed by atoms with van der Waals surface area (Å²) in [6, 6.07) is 5.87. The van der Waals surface area contributed by atoms with Crippen molar-refractivity contribution in [2.45, 2.75) is 32.5 Å². The average molecular weight is 492 g/mol. The van der Waals surface area contributed by atoms with Gasteiger partial charge in [-0.25, -0.2) is 8.78 Å². The van der Waals surface area contributed by atoms with Crippen molar-refractivity contribution >= 4 is 29.1 Å². The highest BCUT2D eigenvalue weighted by Crippen LogP contribution is 2.40. The molecule has 1 aromatic heterocycles. The van der Waals surface area contributed by atoms with E-state index in [-0.39, 0.29) is 52.0 Å². The summed E-state index contributed by atoms with van der Waals surface area (Å²) in [5.41, 5.74) is 0.534. The number of hydrogen-bond donors (Lipinski definition) is 1. The highest BCUT2D eigenvalue weighted by molar-refractivity contribution is 7.06. The molecule has 0 aliphatic rings. The predicted octanol–water partition coefficient (Wildman–Crippen LogP) is 6.67. The number of alkyl halides is 3. The highest BCUT2D eigenvalue weighted by atomic mass is 35.5. The summed E-state index contributed by atoms with van der Waals surface area (Å²) < 4.78 is 77.9. The van der Waals surface area contributed by atoms with E-state index in [1.54, 1.807) is 6.92 Å². The molecule has 170 valence electrons. The first kappa shape index (κ1) is 23.9. The Morgan fingerprint density at radius 2 is 1.91 bits per heavy atom. The molecule has 0 saturated heterocycles. The molecule has 3 rings (SSSR count). The molecule has 0 saturated carbocycles. The molecule has 1 N–H and O–H groups in total. The monoisotopic (exact) mass is 491 g/mol. The number of carboxylic acids is 1. The van der Waals surface area contributed by atoms with Crippen molar-refractivity contribution in [3.63, 3.8) is 0 Å². The Morgan fingerprint density at radius 3 is 2.53 bits per heavy atom. The number of carboxylic acid groups (broad SMARTS) is 1. The van der Waals surface area contributed by atoms with E-state index in [0.717, 1.165) is 12.1 Å². The van der Waals surface area contributed by atoms with Crippen LogP contribution in [0.4, 0.5) is 22.0 Å². The van der Waals surface area contributed by atoms with Gasteiger partial charge < -0.3 is 9.84 Å². The maximum absolute atomic E-state index is 14.5. The fraction of sp³-hybridized carbons (Fsp3) is 0.238. The summed E-state index contributed by atoms with van der Waals surface area (Å²) in [6.07, 6.45) is -4.84. The van der Waals surface area contributed by atoms with Gasteiger partial charge in [0.25, 0.3) is 0 Å². The van der Waals surface area contributed by atoms with Crippen LogP contribution in [0.15, 0.2) is 30.3 Å². The van der Waals surface area contributed by atoms with Gasteiger partial charge in [0, 0.05) is 17.5 Å². The molecule has 0 aliphatic carbocycles. The van der Waals surface area contributed by atoms with Gasteiger partial charge in [0.2, 0.25) is 0 Å². The first-order valence-corrected chi connectivity index (χ1v) is 10.3. The van der Waals surface area contributed by atoms with E-state index in [2.05, 4.69) is 4.37 Å². The number of rotatable bonds is 7. The molecular weight excluding hydrogens is 477 g/mol. The molecule has 0 atom stereocenters. The van der Waals surface area contributed by atoms with Crippen LogP contribution in [-0.4, -0.2) is 15.4 Å². The summed E-state index contributed by atoms with van der Waals surface area (Å²) in [7, 11) is 0. The van der Waals surface area contributed by atoms with Crippen molar-refractivity contribution in [2.75, 3.05) is 0 Å². The van der Waals surface area contributed by atoms with E-state index in [0.29, 0.717) is 11.1 Å². The van der Waals surface area contributed by atoms with Gasteiger partial charge in [0.15, 0.2) is 11.6 Å². The van der Waals surface area contributed by atoms with E-state index in [4.69, 9.17) is 21.4 Å². The lowest BCUT2D eigenvalue weighted by Gasteiger charge is -2.13. The molecule has 3 aromatic rings. The Morgan fingerprint density at radius 1 is 1.19 bits per heavy atom. The van der Waals surface area contributed by atoms with Gasteiger partial charge in [-0.05, 0) is 60.3 Å². The minimum absolute atomic E-state index is 0.0675. The van der Waals surface area contributed by atoms with E-state index in [1.807, 2.05) is 0 Å². The summed E-state index contributed by atoms with van der Waals surface area (Å²) in [6.45, 7) is 0.939. The van der Waals surface area contributed by atoms with Crippen LogP contribution in [-0.2, 0) is 24.0 Å². The van der Waals surface area contributed by atoms with Crippen molar-refractivity contribution < 1.29 is 36.6 Å². The number of nitrogens with zero attached hydrogens (tertiary/aromatic N) is 1. The lowest BCUT2D eigenvalue weighted by molar-refractivity contribution is -0.137. The van der Waals surface area contributed by atoms with Crippen molar-refractivity contribution in [3.05, 3.63) is 68.6 Å². The Kier molecular flexibility index (Phi) is 7.04. The Hall–Kier alpha value is -2.72. The minimum atomic E-state index is -4.74. The van der Waals surface area contributed by atoms with Gasteiger partial charge in [-0.3, -0.25) is 4.79 Å². The van der Waals surface area contributed by atoms with E-state index in [1.165, 1.54) is 18.2 Å². The third-order valence-electron chi connectivity index (χ3n) is 4.61. The second-order valence-corrected chi connectivity index (χ2v) is 8.04. The second-order valence-electron chi connectivity index (χ2n) is 6.86. The summed E-state index contributed by atoms with van der Waals surface area (Å²) >= 11 is 5.82. The lowest BCUT2D eigenvalue weighted by Crippen LogP contribution is -2.09. The Balaban J connectivity index is 1.93. The molecule has 0 aliphatic heterocycles. The van der Waals surface area contributed by atoms with Gasteiger partial charge in [-0.15, -0.1) is 0 Å². The van der Waals surface area contributed by atoms with E-state index < -0.39 is 35.3 Å². The van der Waals surface area contributed by atoms with Gasteiger partial charge in [0.05, 0.1) is 10.7 Å². The largest absolute Gasteiger partial charge is 0.486 e. The highest BCUT2D eigenvalue weighted by Gasteiger charge is 2.38. The van der Waals surface area contributed by atoms with E-state index >= 15 is 0 Å². The summed E-state index contributed by atoms with van der Waals surface area (Å²) in [4.78, 5) is 9.68. The molecule has 1 heterocycles. The summed E-state index contributed by atoms with van der Waals surface area (Å²) in [5, 5.41) is 8.58. The minimum Gasteiger partial charge on any atom is -0.486 e. The van der Waals surface area contributed by atoms with Crippen LogP contribution in [0.1, 0.15) is 28.0 Å². The zero-order chi connectivity index (χ0) is 23.6. The van der Waals surface area contributed by atoms with Crippen molar-refractivity contribution in [2.24, 2.45) is 0 Å². The SMILES string of the molecule is Cc1cc(OCc2c(-c3ccc(Cl)c(F)c3)nsc2C(F)(F)F)c(F)cc1CCC(=O)O. The second kappa shape index (κ2) is 9.41. The summed E-state index contributed by atoms with van der Waals surface area (Å²) in [5.74, 6) is -3.00. The molecule has 2 aromatic carbocycles. The molecule has 0 fully saturated rings. The number of ether oxygens (including phenoxy) is 1. The molecule has 0 radical (unpaired) electrons. The maximum Gasteiger partial charge on any atom is 0.427 e. The number of aromatic nitrogens is 1.